The molecular weight excluding hydrogens is 310 g/mol. The van der Waals surface area contributed by atoms with E-state index in [9.17, 15) is 8.42 Å². The quantitative estimate of drug-likeness (QED) is 0.638. The van der Waals surface area contributed by atoms with Gasteiger partial charge >= 0.3 is 0 Å². The second-order valence-electron chi connectivity index (χ2n) is 6.12. The summed E-state index contributed by atoms with van der Waals surface area (Å²) in [6.07, 6.45) is 1.67. The summed E-state index contributed by atoms with van der Waals surface area (Å²) in [7, 11) is -3.57. The molecule has 0 aliphatic carbocycles. The van der Waals surface area contributed by atoms with E-state index in [4.69, 9.17) is 16.0 Å². The first kappa shape index (κ1) is 18.5. The van der Waals surface area contributed by atoms with E-state index < -0.39 is 10.0 Å². The number of hydrogen-bond donors (Lipinski definition) is 0. The Morgan fingerprint density at radius 1 is 1.10 bits per heavy atom. The lowest BCUT2D eigenvalue weighted by atomic mass is 10.1. The fourth-order valence-corrected chi connectivity index (χ4v) is 3.39. The van der Waals surface area contributed by atoms with Crippen LogP contribution in [0.4, 0.5) is 0 Å². The van der Waals surface area contributed by atoms with Crippen LogP contribution in [0.1, 0.15) is 46.3 Å². The van der Waals surface area contributed by atoms with Gasteiger partial charge in [0.15, 0.2) is 0 Å². The lowest BCUT2D eigenvalue weighted by Crippen LogP contribution is -2.34. The van der Waals surface area contributed by atoms with Gasteiger partial charge in [0.1, 0.15) is 5.76 Å². The molecule has 0 radical (unpaired) electrons. The van der Waals surface area contributed by atoms with Gasteiger partial charge in [-0.2, -0.15) is 4.31 Å². The molecule has 0 saturated heterocycles. The monoisotopic (exact) mass is 335 g/mol. The van der Waals surface area contributed by atoms with E-state index in [2.05, 4.69) is 27.7 Å². The molecule has 122 valence electrons. The highest BCUT2D eigenvalue weighted by molar-refractivity contribution is 7.89. The zero-order chi connectivity index (χ0) is 16.0. The molecule has 0 N–H and O–H groups in total. The van der Waals surface area contributed by atoms with Gasteiger partial charge in [-0.15, -0.1) is 11.6 Å². The molecule has 0 saturated carbocycles. The summed E-state index contributed by atoms with van der Waals surface area (Å²) in [6.45, 7) is 9.39. The Morgan fingerprint density at radius 3 is 2.00 bits per heavy atom. The SMILES string of the molecule is CC(C)CCN(CCC(C)C)S(=O)(=O)c1ccc(CCl)o1. The van der Waals surface area contributed by atoms with Crippen molar-refractivity contribution >= 4 is 21.6 Å². The average molecular weight is 336 g/mol. The third-order valence-electron chi connectivity index (χ3n) is 3.27. The first-order valence-electron chi connectivity index (χ1n) is 7.42. The predicted octanol–water partition coefficient (Wildman–Crippen LogP) is 4.10. The van der Waals surface area contributed by atoms with E-state index in [1.807, 2.05) is 0 Å². The number of nitrogens with zero attached hydrogens (tertiary/aromatic N) is 1. The van der Waals surface area contributed by atoms with E-state index in [1.54, 1.807) is 6.07 Å². The standard InChI is InChI=1S/C15H26ClNO3S/c1-12(2)7-9-17(10-8-13(3)4)21(18,19)15-6-5-14(11-16)20-15/h5-6,12-13H,7-11H2,1-4H3. The number of hydrogen-bond acceptors (Lipinski definition) is 3. The van der Waals surface area contributed by atoms with Crippen LogP contribution in [0.15, 0.2) is 21.6 Å². The molecule has 0 fully saturated rings. The topological polar surface area (TPSA) is 50.5 Å². The smallest absolute Gasteiger partial charge is 0.276 e. The third-order valence-corrected chi connectivity index (χ3v) is 5.31. The molecule has 0 aliphatic rings. The normalized spacial score (nSPS) is 12.8. The third kappa shape index (κ3) is 5.64. The predicted molar refractivity (Wildman–Crippen MR) is 85.9 cm³/mol. The van der Waals surface area contributed by atoms with E-state index in [0.29, 0.717) is 30.7 Å². The molecule has 1 rings (SSSR count). The summed E-state index contributed by atoms with van der Waals surface area (Å²) in [5.74, 6) is 1.56. The first-order chi connectivity index (χ1) is 9.77. The highest BCUT2D eigenvalue weighted by Gasteiger charge is 2.27. The molecule has 0 amide bonds. The minimum Gasteiger partial charge on any atom is -0.447 e. The summed E-state index contributed by atoms with van der Waals surface area (Å²) < 4.78 is 32.2. The van der Waals surface area contributed by atoms with Crippen LogP contribution >= 0.6 is 11.6 Å². The van der Waals surface area contributed by atoms with Crippen molar-refractivity contribution in [2.24, 2.45) is 11.8 Å². The zero-order valence-electron chi connectivity index (χ0n) is 13.3. The number of alkyl halides is 1. The van der Waals surface area contributed by atoms with Gasteiger partial charge in [0, 0.05) is 13.1 Å². The number of furan rings is 1. The minimum absolute atomic E-state index is 0.00865. The Balaban J connectivity index is 2.92. The zero-order valence-corrected chi connectivity index (χ0v) is 14.9. The Labute approximate surface area is 133 Å². The lowest BCUT2D eigenvalue weighted by molar-refractivity contribution is 0.338. The van der Waals surface area contributed by atoms with Crippen molar-refractivity contribution in [2.75, 3.05) is 13.1 Å². The molecule has 0 atom stereocenters. The maximum atomic E-state index is 12.7. The van der Waals surface area contributed by atoms with Crippen LogP contribution in [0.3, 0.4) is 0 Å². The Hall–Kier alpha value is -0.520. The first-order valence-corrected chi connectivity index (χ1v) is 9.39. The molecule has 21 heavy (non-hydrogen) atoms. The van der Waals surface area contributed by atoms with Crippen molar-refractivity contribution in [1.29, 1.82) is 0 Å². The summed E-state index contributed by atoms with van der Waals surface area (Å²) >= 11 is 5.67. The van der Waals surface area contributed by atoms with Crippen molar-refractivity contribution in [3.05, 3.63) is 17.9 Å². The molecule has 4 nitrogen and oxygen atoms in total. The van der Waals surface area contributed by atoms with Gasteiger partial charge in [-0.3, -0.25) is 0 Å². The van der Waals surface area contributed by atoms with Gasteiger partial charge in [0.2, 0.25) is 5.09 Å². The average Bonchev–Trinajstić information content (AvgIpc) is 2.87. The molecule has 0 bridgehead atoms. The summed E-state index contributed by atoms with van der Waals surface area (Å²) in [5, 5.41) is -0.00865. The van der Waals surface area contributed by atoms with Crippen molar-refractivity contribution in [3.8, 4) is 0 Å². The van der Waals surface area contributed by atoms with Crippen molar-refractivity contribution in [2.45, 2.75) is 51.5 Å². The lowest BCUT2D eigenvalue weighted by Gasteiger charge is -2.22. The van der Waals surface area contributed by atoms with E-state index in [-0.39, 0.29) is 11.0 Å². The summed E-state index contributed by atoms with van der Waals surface area (Å²) in [6, 6.07) is 3.10. The molecular formula is C15H26ClNO3S. The molecule has 1 aromatic heterocycles. The van der Waals surface area contributed by atoms with Crippen molar-refractivity contribution in [1.82, 2.24) is 4.31 Å². The molecule has 0 spiro atoms. The van der Waals surface area contributed by atoms with Gasteiger partial charge in [0.25, 0.3) is 10.0 Å². The molecule has 1 aromatic rings. The maximum Gasteiger partial charge on any atom is 0.276 e. The van der Waals surface area contributed by atoms with Crippen LogP contribution in [0, 0.1) is 11.8 Å². The van der Waals surface area contributed by atoms with Crippen LogP contribution in [-0.2, 0) is 15.9 Å². The van der Waals surface area contributed by atoms with Gasteiger partial charge in [-0.05, 0) is 36.8 Å². The highest BCUT2D eigenvalue weighted by Crippen LogP contribution is 2.21. The van der Waals surface area contributed by atoms with Crippen LogP contribution in [0.25, 0.3) is 0 Å². The van der Waals surface area contributed by atoms with E-state index in [0.717, 1.165) is 12.8 Å². The number of rotatable bonds is 9. The van der Waals surface area contributed by atoms with Crippen molar-refractivity contribution in [3.63, 3.8) is 0 Å². The second kappa shape index (κ2) is 8.20. The number of halogens is 1. The van der Waals surface area contributed by atoms with Gasteiger partial charge < -0.3 is 4.42 Å². The van der Waals surface area contributed by atoms with Crippen molar-refractivity contribution < 1.29 is 12.8 Å². The van der Waals surface area contributed by atoms with Crippen LogP contribution < -0.4 is 0 Å². The Bertz CT molecular complexity index is 511. The van der Waals surface area contributed by atoms with Gasteiger partial charge in [-0.25, -0.2) is 8.42 Å². The Kier molecular flexibility index (Phi) is 7.24. The Morgan fingerprint density at radius 2 is 1.62 bits per heavy atom. The fraction of sp³-hybridized carbons (Fsp3) is 0.733. The molecule has 0 aliphatic heterocycles. The molecule has 1 heterocycles. The minimum atomic E-state index is -3.57. The number of sulfonamides is 1. The van der Waals surface area contributed by atoms with E-state index in [1.165, 1.54) is 10.4 Å². The maximum absolute atomic E-state index is 12.7. The van der Waals surface area contributed by atoms with E-state index >= 15 is 0 Å². The summed E-state index contributed by atoms with van der Waals surface area (Å²) in [4.78, 5) is 0. The highest BCUT2D eigenvalue weighted by atomic mass is 35.5. The van der Waals surface area contributed by atoms with Gasteiger partial charge in [-0.1, -0.05) is 27.7 Å². The van der Waals surface area contributed by atoms with Gasteiger partial charge in [0.05, 0.1) is 5.88 Å². The fourth-order valence-electron chi connectivity index (χ4n) is 1.85. The van der Waals surface area contributed by atoms with Crippen LogP contribution in [0.2, 0.25) is 0 Å². The second-order valence-corrected chi connectivity index (χ2v) is 8.26. The largest absolute Gasteiger partial charge is 0.447 e. The molecule has 0 aromatic carbocycles. The van der Waals surface area contributed by atoms with Crippen LogP contribution in [0.5, 0.6) is 0 Å². The molecule has 6 heteroatoms. The summed E-state index contributed by atoms with van der Waals surface area (Å²) in [5.41, 5.74) is 0. The molecule has 0 unspecified atom stereocenters. The van der Waals surface area contributed by atoms with Crippen LogP contribution in [-0.4, -0.2) is 25.8 Å².